The van der Waals surface area contributed by atoms with Crippen LogP contribution in [0.4, 0.5) is 0 Å². The van der Waals surface area contributed by atoms with Crippen molar-refractivity contribution in [2.24, 2.45) is 0 Å². The zero-order valence-electron chi connectivity index (χ0n) is 21.8. The summed E-state index contributed by atoms with van der Waals surface area (Å²) in [7, 11) is 0. The van der Waals surface area contributed by atoms with Crippen LogP contribution in [0.15, 0.2) is 133 Å². The highest BCUT2D eigenvalue weighted by molar-refractivity contribution is 5.88. The van der Waals surface area contributed by atoms with Gasteiger partial charge in [-0.1, -0.05) is 127 Å². The van der Waals surface area contributed by atoms with Gasteiger partial charge in [0, 0.05) is 0 Å². The summed E-state index contributed by atoms with van der Waals surface area (Å²) in [6.45, 7) is 0. The predicted octanol–water partition coefficient (Wildman–Crippen LogP) is 7.72. The minimum absolute atomic E-state index is 0.193. The first kappa shape index (κ1) is 13.4. The second kappa shape index (κ2) is 7.11. The van der Waals surface area contributed by atoms with E-state index in [1.165, 1.54) is 0 Å². The van der Waals surface area contributed by atoms with Gasteiger partial charge in [0.2, 0.25) is 0 Å². The molecule has 0 saturated heterocycles. The first-order chi connectivity index (χ1) is 17.5. The number of rotatable bonds is 3. The molecule has 0 aromatic heterocycles. The van der Waals surface area contributed by atoms with E-state index in [1.807, 2.05) is 60.7 Å². The number of hydrogen-bond acceptors (Lipinski definition) is 0. The second-order valence-electron chi connectivity index (χ2n) is 7.79. The molecule has 5 aromatic rings. The van der Waals surface area contributed by atoms with E-state index >= 15 is 0 Å². The topological polar surface area (TPSA) is 0 Å². The lowest BCUT2D eigenvalue weighted by molar-refractivity contribution is 0.769. The van der Waals surface area contributed by atoms with Crippen molar-refractivity contribution < 1.29 is 6.85 Å². The Kier molecular flexibility index (Phi) is 3.07. The Bertz CT molecular complexity index is 1560. The molecule has 5 aromatic carbocycles. The summed E-state index contributed by atoms with van der Waals surface area (Å²) in [5, 5.41) is 0. The van der Waals surface area contributed by atoms with Crippen LogP contribution in [-0.4, -0.2) is 0 Å². The quantitative estimate of drug-likeness (QED) is 0.286. The van der Waals surface area contributed by atoms with Crippen molar-refractivity contribution in [3.8, 4) is 22.3 Å². The standard InChI is InChI=1S/C31H22/c1-4-12-23(13-5-1)24-20-21-28-27-18-10-11-19-29(27)31(30(28)22-24,25-14-6-2-7-15-25)26-16-8-3-9-17-26/h1-22H/i1D,4D,5D,12D,13D. The zero-order valence-corrected chi connectivity index (χ0v) is 16.8. The lowest BCUT2D eigenvalue weighted by Crippen LogP contribution is -2.28. The summed E-state index contributed by atoms with van der Waals surface area (Å²) in [4.78, 5) is 0. The van der Waals surface area contributed by atoms with Gasteiger partial charge in [0.15, 0.2) is 0 Å². The summed E-state index contributed by atoms with van der Waals surface area (Å²) >= 11 is 0. The molecular formula is C31H22. The highest BCUT2D eigenvalue weighted by atomic mass is 14.5. The van der Waals surface area contributed by atoms with Gasteiger partial charge in [-0.25, -0.2) is 0 Å². The van der Waals surface area contributed by atoms with Crippen LogP contribution in [0.25, 0.3) is 22.3 Å². The van der Waals surface area contributed by atoms with Gasteiger partial charge in [0.25, 0.3) is 0 Å². The van der Waals surface area contributed by atoms with Gasteiger partial charge in [-0.05, 0) is 50.6 Å². The molecule has 0 bridgehead atoms. The maximum atomic E-state index is 8.55. The van der Waals surface area contributed by atoms with Gasteiger partial charge >= 0.3 is 0 Å². The lowest BCUT2D eigenvalue weighted by atomic mass is 9.67. The molecule has 0 nitrogen and oxygen atoms in total. The molecule has 0 atom stereocenters. The molecule has 1 aliphatic rings. The summed E-state index contributed by atoms with van der Waals surface area (Å²) in [6.07, 6.45) is 0. The van der Waals surface area contributed by atoms with Crippen LogP contribution in [0.1, 0.15) is 29.1 Å². The normalized spacial score (nSPS) is 15.7. The van der Waals surface area contributed by atoms with E-state index in [9.17, 15) is 0 Å². The molecule has 0 aliphatic heterocycles. The Morgan fingerprint density at radius 2 is 1.06 bits per heavy atom. The smallest absolute Gasteiger partial charge is 0.0622 e. The van der Waals surface area contributed by atoms with E-state index < -0.39 is 5.41 Å². The van der Waals surface area contributed by atoms with Crippen LogP contribution in [0, 0.1) is 0 Å². The van der Waals surface area contributed by atoms with Crippen molar-refractivity contribution in [2.75, 3.05) is 0 Å². The highest BCUT2D eigenvalue weighted by Crippen LogP contribution is 2.56. The van der Waals surface area contributed by atoms with Crippen molar-refractivity contribution in [3.63, 3.8) is 0 Å². The van der Waals surface area contributed by atoms with Crippen LogP contribution in [-0.2, 0) is 5.41 Å². The lowest BCUT2D eigenvalue weighted by Gasteiger charge is -2.34. The largest absolute Gasteiger partial charge is 0.0713 e. The van der Waals surface area contributed by atoms with Gasteiger partial charge in [-0.15, -0.1) is 0 Å². The van der Waals surface area contributed by atoms with Crippen LogP contribution in [0.5, 0.6) is 0 Å². The molecule has 1 aliphatic carbocycles. The SMILES string of the molecule is [2H]c1c([2H])c([2H])c(-c2ccc3c(c2)C(c2ccccc2)(c2ccccc2)c2ccccc2-3)c([2H])c1[2H]. The van der Waals surface area contributed by atoms with Crippen molar-refractivity contribution in [1.82, 2.24) is 0 Å². The Hall–Kier alpha value is -3.90. The molecular weight excluding hydrogens is 372 g/mol. The van der Waals surface area contributed by atoms with Gasteiger partial charge in [0.1, 0.15) is 0 Å². The van der Waals surface area contributed by atoms with Crippen molar-refractivity contribution in [1.29, 1.82) is 0 Å². The Labute approximate surface area is 190 Å². The van der Waals surface area contributed by atoms with Gasteiger partial charge in [0.05, 0.1) is 12.3 Å². The molecule has 146 valence electrons. The van der Waals surface area contributed by atoms with E-state index in [0.717, 1.165) is 33.4 Å². The third kappa shape index (κ3) is 2.62. The number of benzene rings is 5. The van der Waals surface area contributed by atoms with E-state index in [0.29, 0.717) is 5.56 Å². The molecule has 0 fully saturated rings. The summed E-state index contributed by atoms with van der Waals surface area (Å²) in [5.41, 5.74) is 6.84. The fourth-order valence-electron chi connectivity index (χ4n) is 4.99. The van der Waals surface area contributed by atoms with E-state index in [-0.39, 0.29) is 35.8 Å². The average Bonchev–Trinajstić information content (AvgIpc) is 3.22. The molecule has 0 unspecified atom stereocenters. The van der Waals surface area contributed by atoms with Gasteiger partial charge < -0.3 is 0 Å². The molecule has 0 heterocycles. The van der Waals surface area contributed by atoms with E-state index in [2.05, 4.69) is 42.5 Å². The third-order valence-electron chi connectivity index (χ3n) is 6.25. The Morgan fingerprint density at radius 1 is 0.484 bits per heavy atom. The minimum atomic E-state index is -0.613. The van der Waals surface area contributed by atoms with Crippen LogP contribution < -0.4 is 0 Å². The molecule has 0 amide bonds. The van der Waals surface area contributed by atoms with Gasteiger partial charge in [-0.2, -0.15) is 0 Å². The van der Waals surface area contributed by atoms with Crippen LogP contribution in [0.2, 0.25) is 0 Å². The van der Waals surface area contributed by atoms with Gasteiger partial charge in [-0.3, -0.25) is 0 Å². The van der Waals surface area contributed by atoms with Crippen molar-refractivity contribution >= 4 is 0 Å². The molecule has 0 spiro atoms. The van der Waals surface area contributed by atoms with E-state index in [4.69, 9.17) is 6.85 Å². The Balaban J connectivity index is 1.74. The monoisotopic (exact) mass is 399 g/mol. The fraction of sp³-hybridized carbons (Fsp3) is 0.0323. The first-order valence-electron chi connectivity index (χ1n) is 12.9. The average molecular weight is 400 g/mol. The molecule has 0 N–H and O–H groups in total. The zero-order chi connectivity index (χ0) is 25.0. The van der Waals surface area contributed by atoms with E-state index in [1.54, 1.807) is 0 Å². The second-order valence-corrected chi connectivity index (χ2v) is 7.79. The van der Waals surface area contributed by atoms with Crippen molar-refractivity contribution in [2.45, 2.75) is 5.41 Å². The molecule has 0 saturated carbocycles. The fourth-order valence-corrected chi connectivity index (χ4v) is 4.99. The maximum absolute atomic E-state index is 8.55. The summed E-state index contributed by atoms with van der Waals surface area (Å²) in [6, 6.07) is 33.6. The minimum Gasteiger partial charge on any atom is -0.0622 e. The molecule has 0 heteroatoms. The number of fused-ring (bicyclic) bond motifs is 3. The first-order valence-corrected chi connectivity index (χ1v) is 10.4. The molecule has 0 radical (unpaired) electrons. The van der Waals surface area contributed by atoms with Crippen molar-refractivity contribution in [3.05, 3.63) is 156 Å². The summed E-state index contributed by atoms with van der Waals surface area (Å²) in [5.74, 6) is 0. The van der Waals surface area contributed by atoms with Crippen LogP contribution >= 0.6 is 0 Å². The van der Waals surface area contributed by atoms with Crippen LogP contribution in [0.3, 0.4) is 0 Å². The predicted molar refractivity (Wildman–Crippen MR) is 129 cm³/mol. The maximum Gasteiger partial charge on any atom is 0.0713 e. The third-order valence-corrected chi connectivity index (χ3v) is 6.25. The highest BCUT2D eigenvalue weighted by Gasteiger charge is 2.45. The Morgan fingerprint density at radius 3 is 1.74 bits per heavy atom. The number of hydrogen-bond donors (Lipinski definition) is 0. The summed E-state index contributed by atoms with van der Waals surface area (Å²) < 4.78 is 41.5. The molecule has 31 heavy (non-hydrogen) atoms. The molecule has 6 rings (SSSR count).